The minimum absolute atomic E-state index is 0.128. The maximum atomic E-state index is 10.8. The summed E-state index contributed by atoms with van der Waals surface area (Å²) in [7, 11) is 3.46. The quantitative estimate of drug-likeness (QED) is 0.444. The molecule has 0 rings (SSSR count). The van der Waals surface area contributed by atoms with E-state index in [0.29, 0.717) is 6.42 Å². The van der Waals surface area contributed by atoms with Gasteiger partial charge in [0.1, 0.15) is 0 Å². The second-order valence-electron chi connectivity index (χ2n) is 3.06. The van der Waals surface area contributed by atoms with Gasteiger partial charge in [-0.15, -0.1) is 6.58 Å². The number of esters is 1. The Morgan fingerprint density at radius 1 is 1.54 bits per heavy atom. The Hall–Kier alpha value is -0.830. The Labute approximate surface area is 80.4 Å². The van der Waals surface area contributed by atoms with Crippen molar-refractivity contribution in [3.05, 3.63) is 12.7 Å². The molecule has 0 bridgehead atoms. The smallest absolute Gasteiger partial charge is 0.305 e. The molecule has 0 aromatic rings. The molecule has 3 nitrogen and oxygen atoms in total. The zero-order chi connectivity index (χ0) is 10.1. The molecule has 13 heavy (non-hydrogen) atoms. The van der Waals surface area contributed by atoms with Crippen LogP contribution < -0.4 is 0 Å². The SMILES string of the molecule is C=CCCN(C)CCCC(=O)OC. The molecule has 0 aromatic heterocycles. The van der Waals surface area contributed by atoms with Gasteiger partial charge in [-0.2, -0.15) is 0 Å². The predicted molar refractivity (Wildman–Crippen MR) is 53.6 cm³/mol. The molecular formula is C10H19NO2. The normalized spacial score (nSPS) is 10.1. The van der Waals surface area contributed by atoms with Crippen LogP contribution in [0, 0.1) is 0 Å². The van der Waals surface area contributed by atoms with E-state index in [1.54, 1.807) is 0 Å². The summed E-state index contributed by atoms with van der Waals surface area (Å²) >= 11 is 0. The highest BCUT2D eigenvalue weighted by Crippen LogP contribution is 1.95. The van der Waals surface area contributed by atoms with E-state index in [-0.39, 0.29) is 5.97 Å². The molecule has 0 saturated heterocycles. The lowest BCUT2D eigenvalue weighted by molar-refractivity contribution is -0.140. The highest BCUT2D eigenvalue weighted by Gasteiger charge is 2.01. The van der Waals surface area contributed by atoms with E-state index in [1.165, 1.54) is 7.11 Å². The highest BCUT2D eigenvalue weighted by molar-refractivity contribution is 5.69. The zero-order valence-electron chi connectivity index (χ0n) is 8.58. The molecule has 0 aliphatic heterocycles. The Kier molecular flexibility index (Phi) is 7.30. The van der Waals surface area contributed by atoms with Crippen LogP contribution in [0.25, 0.3) is 0 Å². The lowest BCUT2D eigenvalue weighted by atomic mass is 10.3. The Morgan fingerprint density at radius 3 is 2.77 bits per heavy atom. The van der Waals surface area contributed by atoms with Crippen LogP contribution in [0.1, 0.15) is 19.3 Å². The van der Waals surface area contributed by atoms with Gasteiger partial charge in [0.15, 0.2) is 0 Å². The molecule has 0 N–H and O–H groups in total. The first-order chi connectivity index (χ1) is 6.20. The summed E-state index contributed by atoms with van der Waals surface area (Å²) in [5.74, 6) is -0.128. The Morgan fingerprint density at radius 2 is 2.23 bits per heavy atom. The van der Waals surface area contributed by atoms with Crippen molar-refractivity contribution in [2.75, 3.05) is 27.2 Å². The topological polar surface area (TPSA) is 29.5 Å². The van der Waals surface area contributed by atoms with Gasteiger partial charge in [0.25, 0.3) is 0 Å². The summed E-state index contributed by atoms with van der Waals surface area (Å²) in [5, 5.41) is 0. The number of ether oxygens (including phenoxy) is 1. The first-order valence-electron chi connectivity index (χ1n) is 4.57. The summed E-state index contributed by atoms with van der Waals surface area (Å²) in [6.45, 7) is 5.59. The van der Waals surface area contributed by atoms with Crippen LogP contribution in [0.15, 0.2) is 12.7 Å². The van der Waals surface area contributed by atoms with Gasteiger partial charge in [0, 0.05) is 13.0 Å². The van der Waals surface area contributed by atoms with Crippen LogP contribution in [-0.4, -0.2) is 38.1 Å². The molecule has 0 fully saturated rings. The van der Waals surface area contributed by atoms with Crippen molar-refractivity contribution in [2.24, 2.45) is 0 Å². The molecule has 76 valence electrons. The van der Waals surface area contributed by atoms with Crippen molar-refractivity contribution in [2.45, 2.75) is 19.3 Å². The van der Waals surface area contributed by atoms with Gasteiger partial charge < -0.3 is 9.64 Å². The maximum absolute atomic E-state index is 10.8. The second-order valence-corrected chi connectivity index (χ2v) is 3.06. The highest BCUT2D eigenvalue weighted by atomic mass is 16.5. The van der Waals surface area contributed by atoms with Crippen LogP contribution >= 0.6 is 0 Å². The molecule has 0 heterocycles. The molecule has 0 aromatic carbocycles. The number of rotatable bonds is 7. The van der Waals surface area contributed by atoms with Crippen LogP contribution in [0.4, 0.5) is 0 Å². The third-order valence-electron chi connectivity index (χ3n) is 1.86. The van der Waals surface area contributed by atoms with E-state index in [0.717, 1.165) is 25.9 Å². The first-order valence-corrected chi connectivity index (χ1v) is 4.57. The van der Waals surface area contributed by atoms with E-state index in [9.17, 15) is 4.79 Å². The van der Waals surface area contributed by atoms with Crippen molar-refractivity contribution in [1.29, 1.82) is 0 Å². The molecule has 0 aliphatic carbocycles. The van der Waals surface area contributed by atoms with Crippen molar-refractivity contribution in [1.82, 2.24) is 4.90 Å². The standard InChI is InChI=1S/C10H19NO2/c1-4-5-8-11(2)9-6-7-10(12)13-3/h4H,1,5-9H2,2-3H3. The number of methoxy groups -OCH3 is 1. The van der Waals surface area contributed by atoms with E-state index in [4.69, 9.17) is 0 Å². The van der Waals surface area contributed by atoms with Gasteiger partial charge in [-0.1, -0.05) is 6.08 Å². The summed E-state index contributed by atoms with van der Waals surface area (Å²) in [4.78, 5) is 12.9. The van der Waals surface area contributed by atoms with E-state index >= 15 is 0 Å². The lowest BCUT2D eigenvalue weighted by Gasteiger charge is -2.14. The minimum atomic E-state index is -0.128. The van der Waals surface area contributed by atoms with Crippen LogP contribution in [-0.2, 0) is 9.53 Å². The van der Waals surface area contributed by atoms with E-state index in [1.807, 2.05) is 13.1 Å². The van der Waals surface area contributed by atoms with Gasteiger partial charge in [-0.25, -0.2) is 0 Å². The largest absolute Gasteiger partial charge is 0.469 e. The zero-order valence-corrected chi connectivity index (χ0v) is 8.58. The average molecular weight is 185 g/mol. The second kappa shape index (κ2) is 7.80. The van der Waals surface area contributed by atoms with Gasteiger partial charge >= 0.3 is 5.97 Å². The fourth-order valence-corrected chi connectivity index (χ4v) is 1.02. The molecule has 0 spiro atoms. The molecule has 3 heteroatoms. The summed E-state index contributed by atoms with van der Waals surface area (Å²) < 4.78 is 4.54. The van der Waals surface area contributed by atoms with Crippen LogP contribution in [0.3, 0.4) is 0 Å². The summed E-state index contributed by atoms with van der Waals surface area (Å²) in [5.41, 5.74) is 0. The molecule has 0 aliphatic rings. The maximum Gasteiger partial charge on any atom is 0.305 e. The van der Waals surface area contributed by atoms with E-state index < -0.39 is 0 Å². The molecule has 0 radical (unpaired) electrons. The predicted octanol–water partition coefficient (Wildman–Crippen LogP) is 1.45. The van der Waals surface area contributed by atoms with Crippen molar-refractivity contribution in [3.8, 4) is 0 Å². The lowest BCUT2D eigenvalue weighted by Crippen LogP contribution is -2.21. The number of hydrogen-bond acceptors (Lipinski definition) is 3. The van der Waals surface area contributed by atoms with Crippen molar-refractivity contribution < 1.29 is 9.53 Å². The number of nitrogens with zero attached hydrogens (tertiary/aromatic N) is 1. The van der Waals surface area contributed by atoms with Gasteiger partial charge in [-0.05, 0) is 26.4 Å². The van der Waals surface area contributed by atoms with Crippen LogP contribution in [0.2, 0.25) is 0 Å². The van der Waals surface area contributed by atoms with Crippen molar-refractivity contribution >= 4 is 5.97 Å². The van der Waals surface area contributed by atoms with Crippen molar-refractivity contribution in [3.63, 3.8) is 0 Å². The Balaban J connectivity index is 3.30. The molecule has 0 saturated carbocycles. The van der Waals surface area contributed by atoms with E-state index in [2.05, 4.69) is 16.2 Å². The fraction of sp³-hybridized carbons (Fsp3) is 0.700. The third kappa shape index (κ3) is 7.53. The minimum Gasteiger partial charge on any atom is -0.469 e. The first kappa shape index (κ1) is 12.2. The van der Waals surface area contributed by atoms with Gasteiger partial charge in [-0.3, -0.25) is 4.79 Å². The average Bonchev–Trinajstić information content (AvgIpc) is 2.14. The molecule has 0 atom stereocenters. The van der Waals surface area contributed by atoms with Gasteiger partial charge in [0.2, 0.25) is 0 Å². The monoisotopic (exact) mass is 185 g/mol. The van der Waals surface area contributed by atoms with Crippen LogP contribution in [0.5, 0.6) is 0 Å². The van der Waals surface area contributed by atoms with Gasteiger partial charge in [0.05, 0.1) is 7.11 Å². The number of carbonyl (C=O) groups is 1. The number of carbonyl (C=O) groups excluding carboxylic acids is 1. The Bertz CT molecular complexity index is 157. The molecule has 0 unspecified atom stereocenters. The fourth-order valence-electron chi connectivity index (χ4n) is 1.02. The molecular weight excluding hydrogens is 166 g/mol. The third-order valence-corrected chi connectivity index (χ3v) is 1.86. The summed E-state index contributed by atoms with van der Waals surface area (Å²) in [6.07, 6.45) is 4.26. The number of hydrogen-bond donors (Lipinski definition) is 0. The molecule has 0 amide bonds. The summed E-state index contributed by atoms with van der Waals surface area (Å²) in [6, 6.07) is 0.